The van der Waals surface area contributed by atoms with Crippen LogP contribution in [-0.4, -0.2) is 26.6 Å². The summed E-state index contributed by atoms with van der Waals surface area (Å²) in [4.78, 5) is 23.0. The van der Waals surface area contributed by atoms with Crippen LogP contribution >= 0.6 is 0 Å². The number of fused-ring (bicyclic) bond motifs is 1. The van der Waals surface area contributed by atoms with E-state index in [1.54, 1.807) is 31.6 Å². The van der Waals surface area contributed by atoms with E-state index in [1.165, 1.54) is 12.1 Å². The van der Waals surface area contributed by atoms with Gasteiger partial charge in [-0.3, -0.25) is 9.48 Å². The number of benzene rings is 1. The highest BCUT2D eigenvalue weighted by atomic mass is 16.4. The lowest BCUT2D eigenvalue weighted by molar-refractivity contribution is 0.0696. The van der Waals surface area contributed by atoms with Gasteiger partial charge in [-0.05, 0) is 18.2 Å². The first kappa shape index (κ1) is 12.3. The first-order valence-corrected chi connectivity index (χ1v) is 5.66. The molecule has 1 heterocycles. The van der Waals surface area contributed by atoms with Crippen LogP contribution in [0.1, 0.15) is 34.7 Å². The Morgan fingerprint density at radius 2 is 2.00 bits per heavy atom. The molecule has 2 rings (SSSR count). The molecule has 0 aliphatic carbocycles. The van der Waals surface area contributed by atoms with E-state index in [0.29, 0.717) is 11.1 Å². The Morgan fingerprint density at radius 3 is 2.56 bits per heavy atom. The number of aromatic nitrogens is 2. The van der Waals surface area contributed by atoms with Gasteiger partial charge in [-0.15, -0.1) is 0 Å². The number of nitrogens with zero attached hydrogens (tertiary/aromatic N) is 2. The molecule has 0 fully saturated rings. The highest BCUT2D eigenvalue weighted by Crippen LogP contribution is 2.22. The van der Waals surface area contributed by atoms with E-state index in [9.17, 15) is 9.59 Å². The molecule has 0 atom stereocenters. The normalized spacial score (nSPS) is 11.1. The van der Waals surface area contributed by atoms with Crippen LogP contribution in [0.5, 0.6) is 0 Å². The molecule has 1 aromatic carbocycles. The maximum Gasteiger partial charge on any atom is 0.335 e. The standard InChI is InChI=1S/C13H14N2O3/c1-7(2)12(16)11-9-6-8(13(17)18)4-5-10(9)15(3)14-11/h4-7H,1-3H3,(H,17,18). The van der Waals surface area contributed by atoms with Crippen molar-refractivity contribution in [3.05, 3.63) is 29.5 Å². The quantitative estimate of drug-likeness (QED) is 0.842. The van der Waals surface area contributed by atoms with E-state index in [-0.39, 0.29) is 17.3 Å². The molecule has 1 N–H and O–H groups in total. The Labute approximate surface area is 104 Å². The largest absolute Gasteiger partial charge is 0.478 e. The van der Waals surface area contributed by atoms with Gasteiger partial charge in [-0.25, -0.2) is 4.79 Å². The average Bonchev–Trinajstić information content (AvgIpc) is 2.65. The van der Waals surface area contributed by atoms with Crippen molar-refractivity contribution in [2.24, 2.45) is 13.0 Å². The molecular weight excluding hydrogens is 232 g/mol. The number of aryl methyl sites for hydroxylation is 1. The van der Waals surface area contributed by atoms with Gasteiger partial charge in [0.05, 0.1) is 11.1 Å². The number of Topliss-reactive ketones (excluding diaryl/α,β-unsaturated/α-hetero) is 1. The SMILES string of the molecule is CC(C)C(=O)c1nn(C)c2ccc(C(=O)O)cc12. The van der Waals surface area contributed by atoms with Crippen LogP contribution in [0, 0.1) is 5.92 Å². The molecule has 0 saturated carbocycles. The molecule has 0 aliphatic rings. The van der Waals surface area contributed by atoms with Gasteiger partial charge >= 0.3 is 5.97 Å². The maximum atomic E-state index is 12.0. The fourth-order valence-electron chi connectivity index (χ4n) is 1.85. The number of carboxylic acids is 1. The molecule has 1 aromatic heterocycles. The van der Waals surface area contributed by atoms with Crippen LogP contribution in [0.3, 0.4) is 0 Å². The van der Waals surface area contributed by atoms with Crippen LogP contribution in [0.4, 0.5) is 0 Å². The first-order chi connectivity index (χ1) is 8.41. The molecule has 18 heavy (non-hydrogen) atoms. The zero-order chi connectivity index (χ0) is 13.4. The summed E-state index contributed by atoms with van der Waals surface area (Å²) in [5.74, 6) is -1.26. The minimum Gasteiger partial charge on any atom is -0.478 e. The van der Waals surface area contributed by atoms with Crippen molar-refractivity contribution in [3.63, 3.8) is 0 Å². The molecule has 0 unspecified atom stereocenters. The van der Waals surface area contributed by atoms with E-state index in [4.69, 9.17) is 5.11 Å². The van der Waals surface area contributed by atoms with Gasteiger partial charge in [-0.1, -0.05) is 13.8 Å². The number of ketones is 1. The molecule has 0 aliphatic heterocycles. The molecule has 0 saturated heterocycles. The van der Waals surface area contributed by atoms with Crippen molar-refractivity contribution >= 4 is 22.7 Å². The third kappa shape index (κ3) is 1.88. The van der Waals surface area contributed by atoms with Crippen LogP contribution in [0.25, 0.3) is 10.9 Å². The van der Waals surface area contributed by atoms with Gasteiger partial charge < -0.3 is 5.11 Å². The van der Waals surface area contributed by atoms with Gasteiger partial charge in [0.25, 0.3) is 0 Å². The fourth-order valence-corrected chi connectivity index (χ4v) is 1.85. The monoisotopic (exact) mass is 246 g/mol. The number of aromatic carboxylic acids is 1. The lowest BCUT2D eigenvalue weighted by Crippen LogP contribution is -2.09. The molecule has 2 aromatic rings. The zero-order valence-electron chi connectivity index (χ0n) is 10.5. The summed E-state index contributed by atoms with van der Waals surface area (Å²) in [6.45, 7) is 3.59. The number of carbonyl (C=O) groups excluding carboxylic acids is 1. The van der Waals surface area contributed by atoms with Crippen molar-refractivity contribution in [2.75, 3.05) is 0 Å². The topological polar surface area (TPSA) is 72.2 Å². The van der Waals surface area contributed by atoms with E-state index in [2.05, 4.69) is 5.10 Å². The van der Waals surface area contributed by atoms with E-state index >= 15 is 0 Å². The average molecular weight is 246 g/mol. The molecule has 0 radical (unpaired) electrons. The highest BCUT2D eigenvalue weighted by Gasteiger charge is 2.19. The molecule has 0 amide bonds. The fraction of sp³-hybridized carbons (Fsp3) is 0.308. The lowest BCUT2D eigenvalue weighted by atomic mass is 10.0. The highest BCUT2D eigenvalue weighted by molar-refractivity contribution is 6.08. The maximum absolute atomic E-state index is 12.0. The molecule has 0 bridgehead atoms. The summed E-state index contributed by atoms with van der Waals surface area (Å²) >= 11 is 0. The van der Waals surface area contributed by atoms with E-state index in [0.717, 1.165) is 5.52 Å². The number of rotatable bonds is 3. The van der Waals surface area contributed by atoms with Crippen LogP contribution in [0.2, 0.25) is 0 Å². The lowest BCUT2D eigenvalue weighted by Gasteiger charge is -2.01. The molecule has 5 nitrogen and oxygen atoms in total. The van der Waals surface area contributed by atoms with Crippen molar-refractivity contribution in [3.8, 4) is 0 Å². The molecule has 94 valence electrons. The van der Waals surface area contributed by atoms with E-state index in [1.807, 2.05) is 0 Å². The number of carbonyl (C=O) groups is 2. The first-order valence-electron chi connectivity index (χ1n) is 5.66. The van der Waals surface area contributed by atoms with Gasteiger partial charge in [0, 0.05) is 18.4 Å². The predicted molar refractivity (Wildman–Crippen MR) is 66.8 cm³/mol. The van der Waals surface area contributed by atoms with Crippen molar-refractivity contribution in [2.45, 2.75) is 13.8 Å². The second-order valence-electron chi connectivity index (χ2n) is 4.53. The molecule has 5 heteroatoms. The van der Waals surface area contributed by atoms with Crippen molar-refractivity contribution in [1.82, 2.24) is 9.78 Å². The number of hydrogen-bond donors (Lipinski definition) is 1. The predicted octanol–water partition coefficient (Wildman–Crippen LogP) is 2.11. The van der Waals surface area contributed by atoms with Crippen molar-refractivity contribution < 1.29 is 14.7 Å². The summed E-state index contributed by atoms with van der Waals surface area (Å²) in [6, 6.07) is 4.68. The summed E-state index contributed by atoms with van der Waals surface area (Å²) in [6.07, 6.45) is 0. The second-order valence-corrected chi connectivity index (χ2v) is 4.53. The Morgan fingerprint density at radius 1 is 1.33 bits per heavy atom. The smallest absolute Gasteiger partial charge is 0.335 e. The second kappa shape index (κ2) is 4.25. The number of hydrogen-bond acceptors (Lipinski definition) is 3. The van der Waals surface area contributed by atoms with Crippen LogP contribution < -0.4 is 0 Å². The summed E-state index contributed by atoms with van der Waals surface area (Å²) in [5.41, 5.74) is 1.25. The Kier molecular flexibility index (Phi) is 2.90. The van der Waals surface area contributed by atoms with Gasteiger partial charge in [0.15, 0.2) is 5.78 Å². The summed E-state index contributed by atoms with van der Waals surface area (Å²) < 4.78 is 1.59. The Balaban J connectivity index is 2.70. The van der Waals surface area contributed by atoms with Gasteiger partial charge in [0.1, 0.15) is 5.69 Å². The third-order valence-corrected chi connectivity index (χ3v) is 2.86. The van der Waals surface area contributed by atoms with Crippen LogP contribution in [-0.2, 0) is 7.05 Å². The summed E-state index contributed by atoms with van der Waals surface area (Å²) in [7, 11) is 1.74. The van der Waals surface area contributed by atoms with Gasteiger partial charge in [0.2, 0.25) is 0 Å². The van der Waals surface area contributed by atoms with Crippen molar-refractivity contribution in [1.29, 1.82) is 0 Å². The summed E-state index contributed by atoms with van der Waals surface area (Å²) in [5, 5.41) is 13.8. The Bertz CT molecular complexity index is 641. The van der Waals surface area contributed by atoms with E-state index < -0.39 is 5.97 Å². The minimum absolute atomic E-state index is 0.0804. The molecular formula is C13H14N2O3. The minimum atomic E-state index is -1.01. The van der Waals surface area contributed by atoms with Gasteiger partial charge in [-0.2, -0.15) is 5.10 Å². The third-order valence-electron chi connectivity index (χ3n) is 2.86. The van der Waals surface area contributed by atoms with Crippen LogP contribution in [0.15, 0.2) is 18.2 Å². The zero-order valence-corrected chi connectivity index (χ0v) is 10.5. The Hall–Kier alpha value is -2.17. The number of carboxylic acid groups (broad SMARTS) is 1. The molecule has 0 spiro atoms.